The van der Waals surface area contributed by atoms with Gasteiger partial charge in [0.2, 0.25) is 0 Å². The second-order valence-corrected chi connectivity index (χ2v) is 7.28. The Hall–Kier alpha value is -2.15. The van der Waals surface area contributed by atoms with Crippen LogP contribution in [-0.4, -0.2) is 29.0 Å². The molecule has 0 radical (unpaired) electrons. The molecule has 1 fully saturated rings. The van der Waals surface area contributed by atoms with Gasteiger partial charge < -0.3 is 9.32 Å². The molecule has 0 aromatic carbocycles. The Kier molecular flexibility index (Phi) is 4.71. The molecule has 2 amide bonds. The standard InChI is InChI=1S/C17H21N3O3S/c1-10(2)13-8-12(9-14(21)23-13)15-11(3)18-16(24-15)19-17(22)20-6-4-5-7-20/h8-10H,4-7H2,1-3H3,(H,18,19,22). The number of hydrogen-bond acceptors (Lipinski definition) is 5. The average molecular weight is 347 g/mol. The fraction of sp³-hybridized carbons (Fsp3) is 0.471. The number of carbonyl (C=O) groups excluding carboxylic acids is 1. The highest BCUT2D eigenvalue weighted by Crippen LogP contribution is 2.33. The topological polar surface area (TPSA) is 75.4 Å². The Morgan fingerprint density at radius 1 is 1.33 bits per heavy atom. The van der Waals surface area contributed by atoms with Gasteiger partial charge in [0.25, 0.3) is 0 Å². The molecule has 0 unspecified atom stereocenters. The lowest BCUT2D eigenvalue weighted by Gasteiger charge is -2.14. The number of rotatable bonds is 3. The number of thiazole rings is 1. The predicted molar refractivity (Wildman–Crippen MR) is 94.7 cm³/mol. The van der Waals surface area contributed by atoms with Gasteiger partial charge in [-0.15, -0.1) is 0 Å². The smallest absolute Gasteiger partial charge is 0.336 e. The Bertz CT molecular complexity index is 804. The molecule has 1 aliphatic heterocycles. The minimum absolute atomic E-state index is 0.108. The Morgan fingerprint density at radius 3 is 2.71 bits per heavy atom. The zero-order chi connectivity index (χ0) is 17.3. The maximum Gasteiger partial charge on any atom is 0.336 e. The van der Waals surface area contributed by atoms with Crippen LogP contribution in [0.4, 0.5) is 9.93 Å². The number of anilines is 1. The molecule has 128 valence electrons. The molecule has 7 heteroatoms. The molecule has 2 aromatic rings. The fourth-order valence-electron chi connectivity index (χ4n) is 2.72. The number of likely N-dealkylation sites (tertiary alicyclic amines) is 1. The van der Waals surface area contributed by atoms with Gasteiger partial charge in [0, 0.05) is 30.6 Å². The second kappa shape index (κ2) is 6.76. The van der Waals surface area contributed by atoms with Crippen molar-refractivity contribution in [2.75, 3.05) is 18.4 Å². The van der Waals surface area contributed by atoms with Gasteiger partial charge in [0.05, 0.1) is 10.6 Å². The molecule has 2 aromatic heterocycles. The first-order chi connectivity index (χ1) is 11.4. The summed E-state index contributed by atoms with van der Waals surface area (Å²) in [7, 11) is 0. The molecule has 1 aliphatic rings. The highest BCUT2D eigenvalue weighted by atomic mass is 32.1. The molecule has 0 aliphatic carbocycles. The van der Waals surface area contributed by atoms with Crippen molar-refractivity contribution in [2.45, 2.75) is 39.5 Å². The van der Waals surface area contributed by atoms with Gasteiger partial charge in [-0.05, 0) is 25.8 Å². The lowest BCUT2D eigenvalue weighted by atomic mass is 10.1. The summed E-state index contributed by atoms with van der Waals surface area (Å²) in [5.74, 6) is 0.771. The SMILES string of the molecule is Cc1nc(NC(=O)N2CCCC2)sc1-c1cc(C(C)C)oc(=O)c1. The zero-order valence-electron chi connectivity index (χ0n) is 14.1. The maximum absolute atomic E-state index is 12.2. The van der Waals surface area contributed by atoms with Crippen molar-refractivity contribution >= 4 is 22.5 Å². The van der Waals surface area contributed by atoms with Crippen LogP contribution >= 0.6 is 11.3 Å². The normalized spacial score (nSPS) is 14.4. The van der Waals surface area contributed by atoms with E-state index in [0.717, 1.165) is 42.1 Å². The molecular formula is C17H21N3O3S. The molecule has 6 nitrogen and oxygen atoms in total. The summed E-state index contributed by atoms with van der Waals surface area (Å²) < 4.78 is 5.23. The zero-order valence-corrected chi connectivity index (χ0v) is 14.9. The number of aryl methyl sites for hydroxylation is 1. The summed E-state index contributed by atoms with van der Waals surface area (Å²) in [5.41, 5.74) is 1.20. The summed E-state index contributed by atoms with van der Waals surface area (Å²) in [6, 6.07) is 3.24. The van der Waals surface area contributed by atoms with E-state index >= 15 is 0 Å². The molecule has 3 rings (SSSR count). The summed E-state index contributed by atoms with van der Waals surface area (Å²) in [6.45, 7) is 7.41. The van der Waals surface area contributed by atoms with Crippen LogP contribution < -0.4 is 10.9 Å². The van der Waals surface area contributed by atoms with Crippen LogP contribution in [0.25, 0.3) is 10.4 Å². The molecule has 24 heavy (non-hydrogen) atoms. The van der Waals surface area contributed by atoms with Crippen LogP contribution in [0.15, 0.2) is 21.3 Å². The van der Waals surface area contributed by atoms with Crippen molar-refractivity contribution < 1.29 is 9.21 Å². The van der Waals surface area contributed by atoms with Gasteiger partial charge in [-0.3, -0.25) is 5.32 Å². The molecule has 0 spiro atoms. The Labute approximate surface area is 144 Å². The van der Waals surface area contributed by atoms with Gasteiger partial charge in [0.15, 0.2) is 5.13 Å². The molecule has 3 heterocycles. The number of amides is 2. The van der Waals surface area contributed by atoms with Crippen LogP contribution in [0.2, 0.25) is 0 Å². The second-order valence-electron chi connectivity index (χ2n) is 6.28. The van der Waals surface area contributed by atoms with Crippen molar-refractivity contribution in [2.24, 2.45) is 0 Å². The van der Waals surface area contributed by atoms with E-state index in [1.807, 2.05) is 26.8 Å². The number of urea groups is 1. The highest BCUT2D eigenvalue weighted by molar-refractivity contribution is 7.19. The number of nitrogens with zero attached hydrogens (tertiary/aromatic N) is 2. The first-order valence-corrected chi connectivity index (χ1v) is 8.94. The van der Waals surface area contributed by atoms with E-state index in [-0.39, 0.29) is 17.6 Å². The summed E-state index contributed by atoms with van der Waals surface area (Å²) >= 11 is 1.38. The van der Waals surface area contributed by atoms with Gasteiger partial charge in [-0.1, -0.05) is 25.2 Å². The van der Waals surface area contributed by atoms with Crippen molar-refractivity contribution in [1.29, 1.82) is 0 Å². The Balaban J connectivity index is 1.86. The number of aromatic nitrogens is 1. The summed E-state index contributed by atoms with van der Waals surface area (Å²) in [6.07, 6.45) is 2.10. The lowest BCUT2D eigenvalue weighted by Crippen LogP contribution is -2.32. The quantitative estimate of drug-likeness (QED) is 0.916. The van der Waals surface area contributed by atoms with E-state index in [1.54, 1.807) is 4.90 Å². The minimum Gasteiger partial charge on any atom is -0.428 e. The van der Waals surface area contributed by atoms with Crippen LogP contribution in [0.1, 0.15) is 44.1 Å². The molecule has 0 saturated carbocycles. The number of hydrogen-bond donors (Lipinski definition) is 1. The van der Waals surface area contributed by atoms with Crippen LogP contribution in [0, 0.1) is 6.92 Å². The predicted octanol–water partition coefficient (Wildman–Crippen LogP) is 3.82. The molecular weight excluding hydrogens is 326 g/mol. The fourth-order valence-corrected chi connectivity index (χ4v) is 3.66. The highest BCUT2D eigenvalue weighted by Gasteiger charge is 2.20. The van der Waals surface area contributed by atoms with Gasteiger partial charge in [-0.2, -0.15) is 0 Å². The Morgan fingerprint density at radius 2 is 2.04 bits per heavy atom. The van der Waals surface area contributed by atoms with Crippen LogP contribution in [0.5, 0.6) is 0 Å². The average Bonchev–Trinajstić information content (AvgIpc) is 3.16. The largest absolute Gasteiger partial charge is 0.428 e. The number of carbonyl (C=O) groups is 1. The van der Waals surface area contributed by atoms with Crippen molar-refractivity contribution in [3.63, 3.8) is 0 Å². The van der Waals surface area contributed by atoms with Gasteiger partial charge >= 0.3 is 11.7 Å². The number of nitrogens with one attached hydrogen (secondary N) is 1. The minimum atomic E-state index is -0.369. The van der Waals surface area contributed by atoms with Gasteiger partial charge in [-0.25, -0.2) is 14.6 Å². The maximum atomic E-state index is 12.2. The molecule has 0 bridgehead atoms. The third-order valence-electron chi connectivity index (χ3n) is 4.02. The third-order valence-corrected chi connectivity index (χ3v) is 5.15. The van der Waals surface area contributed by atoms with Gasteiger partial charge in [0.1, 0.15) is 5.76 Å². The monoisotopic (exact) mass is 347 g/mol. The van der Waals surface area contributed by atoms with E-state index < -0.39 is 0 Å². The van der Waals surface area contributed by atoms with E-state index in [2.05, 4.69) is 10.3 Å². The molecule has 1 N–H and O–H groups in total. The van der Waals surface area contributed by atoms with Crippen LogP contribution in [-0.2, 0) is 0 Å². The first-order valence-electron chi connectivity index (χ1n) is 8.13. The van der Waals surface area contributed by atoms with Crippen molar-refractivity contribution in [3.05, 3.63) is 34.0 Å². The summed E-state index contributed by atoms with van der Waals surface area (Å²) in [5, 5.41) is 3.41. The van der Waals surface area contributed by atoms with Crippen molar-refractivity contribution in [3.8, 4) is 10.4 Å². The van der Waals surface area contributed by atoms with E-state index in [0.29, 0.717) is 10.9 Å². The third kappa shape index (κ3) is 3.51. The lowest BCUT2D eigenvalue weighted by molar-refractivity contribution is 0.222. The summed E-state index contributed by atoms with van der Waals surface area (Å²) in [4.78, 5) is 31.1. The van der Waals surface area contributed by atoms with E-state index in [4.69, 9.17) is 4.42 Å². The molecule has 0 atom stereocenters. The first kappa shape index (κ1) is 16.7. The van der Waals surface area contributed by atoms with E-state index in [9.17, 15) is 9.59 Å². The van der Waals surface area contributed by atoms with Crippen LogP contribution in [0.3, 0.4) is 0 Å². The van der Waals surface area contributed by atoms with Crippen molar-refractivity contribution in [1.82, 2.24) is 9.88 Å². The molecule has 1 saturated heterocycles. The van der Waals surface area contributed by atoms with E-state index in [1.165, 1.54) is 17.4 Å².